The summed E-state index contributed by atoms with van der Waals surface area (Å²) in [6.07, 6.45) is 2.06. The van der Waals surface area contributed by atoms with Gasteiger partial charge in [-0.3, -0.25) is 0 Å². The number of aliphatic hydroxyl groups excluding tert-OH is 3. The van der Waals surface area contributed by atoms with Crippen LogP contribution in [0.2, 0.25) is 0 Å². The Balaban J connectivity index is 2.04. The molecule has 1 aromatic carbocycles. The van der Waals surface area contributed by atoms with Crippen LogP contribution in [-0.2, 0) is 0 Å². The lowest BCUT2D eigenvalue weighted by Crippen LogP contribution is -2.00. The van der Waals surface area contributed by atoms with Crippen molar-refractivity contribution < 1.29 is 24.8 Å². The monoisotopic (exact) mass is 344 g/mol. The molecule has 2 atom stereocenters. The molecule has 2 rings (SSSR count). The van der Waals surface area contributed by atoms with Crippen molar-refractivity contribution in [2.75, 3.05) is 6.61 Å². The molecule has 0 spiro atoms. The van der Waals surface area contributed by atoms with Crippen LogP contribution >= 0.6 is 0 Å². The van der Waals surface area contributed by atoms with Crippen LogP contribution in [0.25, 0.3) is 0 Å². The van der Waals surface area contributed by atoms with Crippen molar-refractivity contribution in [1.82, 2.24) is 0 Å². The summed E-state index contributed by atoms with van der Waals surface area (Å²) in [6.45, 7) is 3.34. The molecule has 5 nitrogen and oxygen atoms in total. The summed E-state index contributed by atoms with van der Waals surface area (Å²) < 4.78 is 5.13. The summed E-state index contributed by atoms with van der Waals surface area (Å²) in [5.41, 5.74) is 5.60. The average molecular weight is 344 g/mol. The number of hydrogen-bond acceptors (Lipinski definition) is 5. The first-order valence-corrected chi connectivity index (χ1v) is 8.15. The maximum Gasteiger partial charge on any atom is 0.132 e. The third kappa shape index (κ3) is 5.08. The first kappa shape index (κ1) is 19.0. The van der Waals surface area contributed by atoms with Gasteiger partial charge in [0.15, 0.2) is 0 Å². The highest BCUT2D eigenvalue weighted by molar-refractivity contribution is 5.42. The molecule has 0 bridgehead atoms. The van der Waals surface area contributed by atoms with E-state index in [1.807, 2.05) is 0 Å². The van der Waals surface area contributed by atoms with Crippen molar-refractivity contribution in [3.63, 3.8) is 0 Å². The highest BCUT2D eigenvalue weighted by atomic mass is 16.4. The van der Waals surface area contributed by atoms with E-state index in [0.29, 0.717) is 34.4 Å². The lowest BCUT2D eigenvalue weighted by Gasteiger charge is -2.12. The van der Waals surface area contributed by atoms with Gasteiger partial charge in [-0.15, -0.1) is 5.73 Å². The van der Waals surface area contributed by atoms with Crippen molar-refractivity contribution in [2.24, 2.45) is 0 Å². The standard InChI is InChI=1S/C20H24O5/c1-13-9-16(10-14(2)20(13)24)17(22)6-3-5-15(12-21)11-18(23)19-7-4-8-25-19/h3-4,7-10,17-18,21-24H,6,11-12H2,1-2H3/t5?,17-,18-/m1/s1. The smallest absolute Gasteiger partial charge is 0.132 e. The van der Waals surface area contributed by atoms with Crippen molar-refractivity contribution in [2.45, 2.75) is 38.9 Å². The highest BCUT2D eigenvalue weighted by Crippen LogP contribution is 2.27. The van der Waals surface area contributed by atoms with Gasteiger partial charge in [0.05, 0.1) is 19.0 Å². The molecule has 0 fully saturated rings. The van der Waals surface area contributed by atoms with Crippen molar-refractivity contribution >= 4 is 0 Å². The molecular weight excluding hydrogens is 320 g/mol. The number of benzene rings is 1. The Morgan fingerprint density at radius 2 is 1.88 bits per heavy atom. The Bertz CT molecular complexity index is 731. The number of aryl methyl sites for hydroxylation is 2. The molecule has 25 heavy (non-hydrogen) atoms. The molecule has 0 unspecified atom stereocenters. The quantitative estimate of drug-likeness (QED) is 0.579. The molecule has 1 aromatic heterocycles. The van der Waals surface area contributed by atoms with E-state index >= 15 is 0 Å². The third-order valence-corrected chi connectivity index (χ3v) is 4.05. The number of phenols is 1. The Morgan fingerprint density at radius 3 is 2.44 bits per heavy atom. The van der Waals surface area contributed by atoms with Crippen molar-refractivity contribution in [3.05, 3.63) is 70.4 Å². The molecule has 5 heteroatoms. The molecule has 0 aliphatic carbocycles. The number of rotatable bonds is 7. The molecular formula is C20H24O5. The number of furan rings is 1. The van der Waals surface area contributed by atoms with Crippen molar-refractivity contribution in [1.29, 1.82) is 0 Å². The predicted molar refractivity (Wildman–Crippen MR) is 94.1 cm³/mol. The van der Waals surface area contributed by atoms with Gasteiger partial charge in [0.1, 0.15) is 17.6 Å². The van der Waals surface area contributed by atoms with Crippen LogP contribution in [0.4, 0.5) is 0 Å². The first-order valence-electron chi connectivity index (χ1n) is 8.15. The fourth-order valence-electron chi connectivity index (χ4n) is 2.62. The largest absolute Gasteiger partial charge is 0.507 e. The molecule has 0 saturated heterocycles. The minimum atomic E-state index is -0.842. The second-order valence-electron chi connectivity index (χ2n) is 6.10. The number of phenolic OH excluding ortho intramolecular Hbond substituents is 1. The van der Waals surface area contributed by atoms with Gasteiger partial charge in [-0.25, -0.2) is 0 Å². The van der Waals surface area contributed by atoms with E-state index in [1.165, 1.54) is 6.26 Å². The fourth-order valence-corrected chi connectivity index (χ4v) is 2.62. The zero-order valence-corrected chi connectivity index (χ0v) is 14.4. The van der Waals surface area contributed by atoms with Gasteiger partial charge < -0.3 is 24.8 Å². The highest BCUT2D eigenvalue weighted by Gasteiger charge is 2.13. The van der Waals surface area contributed by atoms with Gasteiger partial charge in [0, 0.05) is 12.8 Å². The Labute approximate surface area is 147 Å². The summed E-state index contributed by atoms with van der Waals surface area (Å²) in [5.74, 6) is 0.670. The van der Waals surface area contributed by atoms with Gasteiger partial charge in [-0.05, 0) is 66.5 Å². The Morgan fingerprint density at radius 1 is 1.20 bits per heavy atom. The van der Waals surface area contributed by atoms with Crippen LogP contribution < -0.4 is 0 Å². The maximum atomic E-state index is 10.3. The van der Waals surface area contributed by atoms with Crippen LogP contribution in [0, 0.1) is 13.8 Å². The van der Waals surface area contributed by atoms with Crippen molar-refractivity contribution in [3.8, 4) is 5.75 Å². The lowest BCUT2D eigenvalue weighted by molar-refractivity contribution is 0.145. The van der Waals surface area contributed by atoms with E-state index in [0.717, 1.165) is 0 Å². The van der Waals surface area contributed by atoms with E-state index < -0.39 is 12.2 Å². The second kappa shape index (κ2) is 8.70. The van der Waals surface area contributed by atoms with Crippen LogP contribution in [0.3, 0.4) is 0 Å². The van der Waals surface area contributed by atoms with Gasteiger partial charge in [0.2, 0.25) is 0 Å². The molecule has 0 amide bonds. The summed E-state index contributed by atoms with van der Waals surface area (Å²) in [5, 5.41) is 39.5. The van der Waals surface area contributed by atoms with E-state index in [4.69, 9.17) is 4.42 Å². The molecule has 0 aliphatic heterocycles. The number of aromatic hydroxyl groups is 1. The summed E-state index contributed by atoms with van der Waals surface area (Å²) >= 11 is 0. The molecule has 134 valence electrons. The topological polar surface area (TPSA) is 94.1 Å². The third-order valence-electron chi connectivity index (χ3n) is 4.05. The molecule has 2 aromatic rings. The van der Waals surface area contributed by atoms with E-state index in [2.05, 4.69) is 5.73 Å². The van der Waals surface area contributed by atoms with E-state index in [1.54, 1.807) is 44.2 Å². The Kier molecular flexibility index (Phi) is 6.62. The van der Waals surface area contributed by atoms with Crippen LogP contribution in [-0.4, -0.2) is 27.0 Å². The van der Waals surface area contributed by atoms with E-state index in [9.17, 15) is 20.4 Å². The maximum absolute atomic E-state index is 10.3. The summed E-state index contributed by atoms with van der Waals surface area (Å²) in [4.78, 5) is 0. The van der Waals surface area contributed by atoms with Crippen LogP contribution in [0.5, 0.6) is 5.75 Å². The zero-order chi connectivity index (χ0) is 18.4. The van der Waals surface area contributed by atoms with Gasteiger partial charge in [0.25, 0.3) is 0 Å². The predicted octanol–water partition coefficient (Wildman–Crippen LogP) is 3.22. The average Bonchev–Trinajstić information content (AvgIpc) is 3.12. The second-order valence-corrected chi connectivity index (χ2v) is 6.10. The number of hydrogen-bond donors (Lipinski definition) is 4. The summed E-state index contributed by atoms with van der Waals surface area (Å²) in [6, 6.07) is 6.85. The lowest BCUT2D eigenvalue weighted by atomic mass is 10.00. The fraction of sp³-hybridized carbons (Fsp3) is 0.350. The zero-order valence-electron chi connectivity index (χ0n) is 14.4. The van der Waals surface area contributed by atoms with Gasteiger partial charge >= 0.3 is 0 Å². The molecule has 1 heterocycles. The molecule has 0 aliphatic rings. The van der Waals surface area contributed by atoms with Crippen LogP contribution in [0.15, 0.2) is 52.3 Å². The number of aliphatic hydroxyl groups is 3. The van der Waals surface area contributed by atoms with Crippen LogP contribution in [0.1, 0.15) is 47.5 Å². The minimum absolute atomic E-state index is 0.202. The SMILES string of the molecule is Cc1cc([C@H](O)CC=C=C(CO)C[C@@H](O)c2ccco2)cc(C)c1O. The Hall–Kier alpha value is -2.30. The summed E-state index contributed by atoms with van der Waals surface area (Å²) in [7, 11) is 0. The van der Waals surface area contributed by atoms with Gasteiger partial charge in [-0.2, -0.15) is 0 Å². The molecule has 0 radical (unpaired) electrons. The molecule has 0 saturated carbocycles. The molecule has 4 N–H and O–H groups in total. The minimum Gasteiger partial charge on any atom is -0.507 e. The first-order chi connectivity index (χ1) is 11.9. The normalized spacial score (nSPS) is 13.2. The van der Waals surface area contributed by atoms with E-state index in [-0.39, 0.29) is 18.8 Å². The van der Waals surface area contributed by atoms with Gasteiger partial charge in [-0.1, -0.05) is 0 Å².